The minimum absolute atomic E-state index is 0.0594. The predicted molar refractivity (Wildman–Crippen MR) is 103 cm³/mol. The molecule has 4 heterocycles. The van der Waals surface area contributed by atoms with Gasteiger partial charge in [-0.05, 0) is 38.3 Å². The van der Waals surface area contributed by atoms with Gasteiger partial charge in [0.05, 0.1) is 17.8 Å². The number of hydrogen-bond donors (Lipinski definition) is 0. The second-order valence-electron chi connectivity index (χ2n) is 7.61. The number of aryl methyl sites for hydroxylation is 1. The molecule has 0 bridgehead atoms. The van der Waals surface area contributed by atoms with Crippen LogP contribution in [0.3, 0.4) is 0 Å². The molecule has 0 saturated carbocycles. The molecule has 30 heavy (non-hydrogen) atoms. The van der Waals surface area contributed by atoms with Gasteiger partial charge in [0.2, 0.25) is 5.91 Å². The standard InChI is InChI=1S/C20H23F3N6O/c1-3-14-11-17(20(21,22)23)29-18(25-14)12-15(26-29)16-6-4-8-27(16)19(30)10-13(2)28-9-5-7-24-28/h5,7,9,11-13,16H,3-4,6,8,10H2,1-2H3/t13-,16-/m0/s1. The first kappa shape index (κ1) is 20.4. The summed E-state index contributed by atoms with van der Waals surface area (Å²) in [5.41, 5.74) is 0.104. The van der Waals surface area contributed by atoms with Crippen LogP contribution in [-0.2, 0) is 17.4 Å². The molecule has 3 aromatic heterocycles. The van der Waals surface area contributed by atoms with Crippen molar-refractivity contribution >= 4 is 11.6 Å². The van der Waals surface area contributed by atoms with E-state index in [4.69, 9.17) is 0 Å². The zero-order valence-corrected chi connectivity index (χ0v) is 16.8. The second kappa shape index (κ2) is 7.73. The maximum absolute atomic E-state index is 13.5. The molecule has 0 aliphatic carbocycles. The molecule has 1 saturated heterocycles. The molecule has 160 valence electrons. The van der Waals surface area contributed by atoms with Crippen molar-refractivity contribution in [1.82, 2.24) is 29.3 Å². The number of rotatable bonds is 5. The molecular weight excluding hydrogens is 397 g/mol. The third-order valence-corrected chi connectivity index (χ3v) is 5.51. The van der Waals surface area contributed by atoms with Crippen molar-refractivity contribution in [3.63, 3.8) is 0 Å². The number of amides is 1. The molecule has 0 spiro atoms. The lowest BCUT2D eigenvalue weighted by Crippen LogP contribution is -2.32. The van der Waals surface area contributed by atoms with E-state index in [0.29, 0.717) is 30.8 Å². The van der Waals surface area contributed by atoms with E-state index < -0.39 is 11.9 Å². The Morgan fingerprint density at radius 1 is 1.33 bits per heavy atom. The zero-order valence-electron chi connectivity index (χ0n) is 16.8. The summed E-state index contributed by atoms with van der Waals surface area (Å²) >= 11 is 0. The maximum atomic E-state index is 13.5. The van der Waals surface area contributed by atoms with Gasteiger partial charge in [-0.15, -0.1) is 0 Å². The smallest absolute Gasteiger partial charge is 0.334 e. The van der Waals surface area contributed by atoms with Crippen molar-refractivity contribution < 1.29 is 18.0 Å². The van der Waals surface area contributed by atoms with Crippen LogP contribution in [0, 0.1) is 0 Å². The van der Waals surface area contributed by atoms with E-state index in [2.05, 4.69) is 15.2 Å². The Balaban J connectivity index is 1.63. The van der Waals surface area contributed by atoms with E-state index in [-0.39, 0.29) is 30.1 Å². The molecule has 0 unspecified atom stereocenters. The zero-order chi connectivity index (χ0) is 21.5. The number of likely N-dealkylation sites (tertiary alicyclic amines) is 1. The minimum Gasteiger partial charge on any atom is -0.334 e. The van der Waals surface area contributed by atoms with Gasteiger partial charge >= 0.3 is 6.18 Å². The molecule has 2 atom stereocenters. The average Bonchev–Trinajstić information content (AvgIpc) is 3.45. The normalized spacial score (nSPS) is 18.3. The summed E-state index contributed by atoms with van der Waals surface area (Å²) in [7, 11) is 0. The SMILES string of the molecule is CCc1cc(C(F)(F)F)n2nc([C@@H]3CCCN3C(=O)C[C@H](C)n3cccn3)cc2n1. The van der Waals surface area contributed by atoms with E-state index in [1.807, 2.05) is 6.92 Å². The highest BCUT2D eigenvalue weighted by Crippen LogP contribution is 2.35. The van der Waals surface area contributed by atoms with E-state index in [9.17, 15) is 18.0 Å². The average molecular weight is 420 g/mol. The number of hydrogen-bond acceptors (Lipinski definition) is 4. The number of nitrogens with zero attached hydrogens (tertiary/aromatic N) is 6. The van der Waals surface area contributed by atoms with Gasteiger partial charge in [0.25, 0.3) is 0 Å². The Hall–Kier alpha value is -2.91. The minimum atomic E-state index is -4.54. The van der Waals surface area contributed by atoms with Crippen LogP contribution in [-0.4, -0.2) is 41.7 Å². The molecule has 0 aromatic carbocycles. The van der Waals surface area contributed by atoms with Gasteiger partial charge in [0.15, 0.2) is 5.65 Å². The highest BCUT2D eigenvalue weighted by molar-refractivity contribution is 5.77. The molecule has 10 heteroatoms. The van der Waals surface area contributed by atoms with Crippen LogP contribution in [0.4, 0.5) is 13.2 Å². The Labute approximate surface area is 171 Å². The summed E-state index contributed by atoms with van der Waals surface area (Å²) in [5.74, 6) is -0.0594. The van der Waals surface area contributed by atoms with Crippen LogP contribution in [0.2, 0.25) is 0 Å². The number of fused-ring (bicyclic) bond motifs is 1. The molecule has 0 radical (unpaired) electrons. The van der Waals surface area contributed by atoms with E-state index in [1.54, 1.807) is 41.0 Å². The van der Waals surface area contributed by atoms with Crippen molar-refractivity contribution in [3.8, 4) is 0 Å². The lowest BCUT2D eigenvalue weighted by atomic mass is 10.1. The number of halogens is 3. The number of carbonyl (C=O) groups is 1. The Kier molecular flexibility index (Phi) is 5.25. The van der Waals surface area contributed by atoms with Gasteiger partial charge in [-0.25, -0.2) is 9.50 Å². The van der Waals surface area contributed by atoms with Crippen LogP contribution < -0.4 is 0 Å². The summed E-state index contributed by atoms with van der Waals surface area (Å²) in [4.78, 5) is 18.9. The monoisotopic (exact) mass is 420 g/mol. The summed E-state index contributed by atoms with van der Waals surface area (Å²) in [6, 6.07) is 3.94. The van der Waals surface area contributed by atoms with Gasteiger partial charge < -0.3 is 4.90 Å². The first-order valence-corrected chi connectivity index (χ1v) is 10.0. The molecule has 4 rings (SSSR count). The number of alkyl halides is 3. The molecule has 3 aromatic rings. The van der Waals surface area contributed by atoms with Crippen molar-refractivity contribution in [2.75, 3.05) is 6.54 Å². The summed E-state index contributed by atoms with van der Waals surface area (Å²) in [6.07, 6.45) is 1.01. The quantitative estimate of drug-likeness (QED) is 0.629. The fourth-order valence-corrected chi connectivity index (χ4v) is 3.97. The van der Waals surface area contributed by atoms with Crippen molar-refractivity contribution in [1.29, 1.82) is 0 Å². The molecule has 1 amide bonds. The Morgan fingerprint density at radius 3 is 2.80 bits per heavy atom. The van der Waals surface area contributed by atoms with Gasteiger partial charge in [-0.2, -0.15) is 23.4 Å². The highest BCUT2D eigenvalue weighted by atomic mass is 19.4. The third-order valence-electron chi connectivity index (χ3n) is 5.51. The summed E-state index contributed by atoms with van der Waals surface area (Å²) < 4.78 is 43.2. The fraction of sp³-hybridized carbons (Fsp3) is 0.500. The highest BCUT2D eigenvalue weighted by Gasteiger charge is 2.37. The summed E-state index contributed by atoms with van der Waals surface area (Å²) in [5, 5.41) is 8.39. The van der Waals surface area contributed by atoms with Gasteiger partial charge in [0.1, 0.15) is 5.69 Å². The largest absolute Gasteiger partial charge is 0.433 e. The maximum Gasteiger partial charge on any atom is 0.433 e. The molecule has 1 fully saturated rings. The second-order valence-corrected chi connectivity index (χ2v) is 7.61. The third kappa shape index (κ3) is 3.78. The van der Waals surface area contributed by atoms with Crippen LogP contribution in [0.5, 0.6) is 0 Å². The van der Waals surface area contributed by atoms with Crippen LogP contribution >= 0.6 is 0 Å². The van der Waals surface area contributed by atoms with Crippen LogP contribution in [0.15, 0.2) is 30.6 Å². The van der Waals surface area contributed by atoms with Gasteiger partial charge in [0, 0.05) is 37.1 Å². The number of aromatic nitrogens is 5. The molecule has 7 nitrogen and oxygen atoms in total. The summed E-state index contributed by atoms with van der Waals surface area (Å²) in [6.45, 7) is 4.23. The van der Waals surface area contributed by atoms with Gasteiger partial charge in [-0.3, -0.25) is 9.48 Å². The molecular formula is C20H23F3N6O. The predicted octanol–water partition coefficient (Wildman–Crippen LogP) is 3.82. The van der Waals surface area contributed by atoms with E-state index >= 15 is 0 Å². The van der Waals surface area contributed by atoms with Gasteiger partial charge in [-0.1, -0.05) is 6.92 Å². The fourth-order valence-electron chi connectivity index (χ4n) is 3.97. The lowest BCUT2D eigenvalue weighted by molar-refractivity contribution is -0.142. The topological polar surface area (TPSA) is 68.3 Å². The van der Waals surface area contributed by atoms with Crippen molar-refractivity contribution in [2.24, 2.45) is 0 Å². The Bertz CT molecular complexity index is 1040. The van der Waals surface area contributed by atoms with E-state index in [1.165, 1.54) is 0 Å². The molecule has 1 aliphatic heterocycles. The lowest BCUT2D eigenvalue weighted by Gasteiger charge is -2.25. The molecule has 1 aliphatic rings. The Morgan fingerprint density at radius 2 is 2.13 bits per heavy atom. The van der Waals surface area contributed by atoms with Crippen LogP contribution in [0.25, 0.3) is 5.65 Å². The van der Waals surface area contributed by atoms with Crippen molar-refractivity contribution in [3.05, 3.63) is 47.7 Å². The van der Waals surface area contributed by atoms with Crippen LogP contribution in [0.1, 0.15) is 62.3 Å². The number of carbonyl (C=O) groups excluding carboxylic acids is 1. The van der Waals surface area contributed by atoms with Crippen molar-refractivity contribution in [2.45, 2.75) is 57.8 Å². The van der Waals surface area contributed by atoms with E-state index in [0.717, 1.165) is 17.0 Å². The molecule has 0 N–H and O–H groups in total. The first-order chi connectivity index (χ1) is 14.3. The first-order valence-electron chi connectivity index (χ1n) is 10.0.